The van der Waals surface area contributed by atoms with Crippen LogP contribution in [-0.2, 0) is 11.3 Å². The molecule has 33 heavy (non-hydrogen) atoms. The van der Waals surface area contributed by atoms with Crippen LogP contribution in [0.15, 0.2) is 53.0 Å². The van der Waals surface area contributed by atoms with E-state index in [2.05, 4.69) is 83.2 Å². The number of rotatable bonds is 5. The normalized spacial score (nSPS) is 18.8. The van der Waals surface area contributed by atoms with Gasteiger partial charge in [-0.2, -0.15) is 0 Å². The van der Waals surface area contributed by atoms with E-state index in [4.69, 9.17) is 4.98 Å². The zero-order valence-corrected chi connectivity index (χ0v) is 20.7. The lowest BCUT2D eigenvalue weighted by Crippen LogP contribution is -2.54. The van der Waals surface area contributed by atoms with E-state index in [0.29, 0.717) is 5.91 Å². The Balaban J connectivity index is 1.27. The van der Waals surface area contributed by atoms with Gasteiger partial charge < -0.3 is 4.90 Å². The lowest BCUT2D eigenvalue weighted by atomic mass is 9.95. The van der Waals surface area contributed by atoms with Crippen LogP contribution in [0.25, 0.3) is 16.7 Å². The number of aromatic nitrogens is 2. The minimum absolute atomic E-state index is 0.146. The van der Waals surface area contributed by atoms with Gasteiger partial charge in [-0.3, -0.25) is 19.7 Å². The Morgan fingerprint density at radius 2 is 1.70 bits per heavy atom. The van der Waals surface area contributed by atoms with Crippen LogP contribution in [0.5, 0.6) is 0 Å². The van der Waals surface area contributed by atoms with Crippen molar-refractivity contribution in [3.8, 4) is 5.69 Å². The van der Waals surface area contributed by atoms with Crippen LogP contribution in [0.2, 0.25) is 0 Å². The van der Waals surface area contributed by atoms with E-state index in [9.17, 15) is 4.79 Å². The fourth-order valence-electron chi connectivity index (χ4n) is 5.01. The number of carbonyl (C=O) groups excluding carboxylic acids is 1. The first-order valence-electron chi connectivity index (χ1n) is 11.8. The van der Waals surface area contributed by atoms with E-state index in [1.54, 1.807) is 0 Å². The van der Waals surface area contributed by atoms with Gasteiger partial charge in [0.1, 0.15) is 5.82 Å². The first-order chi connectivity index (χ1) is 16.1. The zero-order valence-electron chi connectivity index (χ0n) is 19.1. The predicted molar refractivity (Wildman–Crippen MR) is 134 cm³/mol. The number of hydrazine groups is 1. The van der Waals surface area contributed by atoms with Crippen molar-refractivity contribution in [1.29, 1.82) is 0 Å². The van der Waals surface area contributed by atoms with Gasteiger partial charge in [0.15, 0.2) is 0 Å². The van der Waals surface area contributed by atoms with Crippen LogP contribution in [0.4, 0.5) is 0 Å². The number of nitrogens with one attached hydrogen (secondary N) is 1. The minimum Gasteiger partial charge on any atom is -0.340 e. The summed E-state index contributed by atoms with van der Waals surface area (Å²) in [5, 5.41) is 2.17. The molecule has 0 radical (unpaired) electrons. The van der Waals surface area contributed by atoms with Crippen molar-refractivity contribution in [2.24, 2.45) is 5.92 Å². The van der Waals surface area contributed by atoms with Crippen LogP contribution < -0.4 is 5.43 Å². The summed E-state index contributed by atoms with van der Waals surface area (Å²) in [5.41, 5.74) is 6.44. The summed E-state index contributed by atoms with van der Waals surface area (Å²) in [4.78, 5) is 22.5. The number of para-hydroxylation sites is 2. The van der Waals surface area contributed by atoms with E-state index < -0.39 is 0 Å². The Kier molecular flexibility index (Phi) is 6.78. The highest BCUT2D eigenvalue weighted by Crippen LogP contribution is 2.26. The molecule has 3 heterocycles. The molecule has 174 valence electrons. The van der Waals surface area contributed by atoms with Crippen molar-refractivity contribution in [1.82, 2.24) is 29.8 Å². The molecule has 8 heteroatoms. The Bertz CT molecular complexity index is 1100. The van der Waals surface area contributed by atoms with Gasteiger partial charge in [0.05, 0.1) is 17.6 Å². The average molecular weight is 511 g/mol. The van der Waals surface area contributed by atoms with Gasteiger partial charge in [-0.15, -0.1) is 0 Å². The molecule has 1 aromatic heterocycles. The van der Waals surface area contributed by atoms with Gasteiger partial charge >= 0.3 is 0 Å². The van der Waals surface area contributed by atoms with Gasteiger partial charge in [-0.1, -0.05) is 28.1 Å². The van der Waals surface area contributed by atoms with Crippen LogP contribution in [0.1, 0.15) is 18.7 Å². The summed E-state index contributed by atoms with van der Waals surface area (Å²) in [6.07, 6.45) is 1.84. The second-order valence-electron chi connectivity index (χ2n) is 8.91. The van der Waals surface area contributed by atoms with E-state index in [-0.39, 0.29) is 5.92 Å². The van der Waals surface area contributed by atoms with Crippen molar-refractivity contribution in [3.05, 3.63) is 58.8 Å². The van der Waals surface area contributed by atoms with E-state index in [1.165, 1.54) is 0 Å². The zero-order chi connectivity index (χ0) is 22.8. The molecule has 1 N–H and O–H groups in total. The fourth-order valence-corrected chi connectivity index (χ4v) is 5.27. The molecule has 0 spiro atoms. The smallest absolute Gasteiger partial charge is 0.225 e. The van der Waals surface area contributed by atoms with Crippen molar-refractivity contribution in [2.75, 3.05) is 46.3 Å². The average Bonchev–Trinajstić information content (AvgIpc) is 3.22. The number of nitrogens with zero attached hydrogens (tertiary/aromatic N) is 5. The molecular formula is C25H31BrN6O. The van der Waals surface area contributed by atoms with Crippen molar-refractivity contribution >= 4 is 32.9 Å². The third-order valence-electron chi connectivity index (χ3n) is 6.92. The third-order valence-corrected chi connectivity index (χ3v) is 7.45. The predicted octanol–water partition coefficient (Wildman–Crippen LogP) is 3.28. The van der Waals surface area contributed by atoms with Crippen LogP contribution in [0.3, 0.4) is 0 Å². The summed E-state index contributed by atoms with van der Waals surface area (Å²) < 4.78 is 3.33. The molecule has 0 aliphatic carbocycles. The number of halogens is 1. The minimum atomic E-state index is 0.146. The van der Waals surface area contributed by atoms with E-state index in [0.717, 1.165) is 85.7 Å². The first-order valence-corrected chi connectivity index (χ1v) is 12.6. The number of amides is 1. The third kappa shape index (κ3) is 4.84. The topological polar surface area (TPSA) is 56.6 Å². The van der Waals surface area contributed by atoms with Crippen molar-refractivity contribution < 1.29 is 4.79 Å². The Hall–Kier alpha value is -2.26. The standard InChI is InChI=1S/C25H31BrN6O/c1-27-31-16-14-30(15-17-31)25(33)19-10-12-29(13-11-19)18-24-28-22-4-2-3-5-23(22)32(24)21-8-6-20(26)7-9-21/h2-9,19,27H,10-18H2,1H3. The summed E-state index contributed by atoms with van der Waals surface area (Å²) in [7, 11) is 1.94. The highest BCUT2D eigenvalue weighted by molar-refractivity contribution is 9.10. The molecule has 2 saturated heterocycles. The van der Waals surface area contributed by atoms with Crippen molar-refractivity contribution in [2.45, 2.75) is 19.4 Å². The maximum Gasteiger partial charge on any atom is 0.225 e. The molecule has 2 aliphatic heterocycles. The molecule has 2 aliphatic rings. The summed E-state index contributed by atoms with van der Waals surface area (Å²) >= 11 is 3.54. The number of fused-ring (bicyclic) bond motifs is 1. The number of piperazine rings is 1. The number of piperidine rings is 1. The number of hydrogen-bond acceptors (Lipinski definition) is 5. The highest BCUT2D eigenvalue weighted by Gasteiger charge is 2.30. The van der Waals surface area contributed by atoms with E-state index >= 15 is 0 Å². The number of benzene rings is 2. The number of imidazole rings is 1. The lowest BCUT2D eigenvalue weighted by molar-refractivity contribution is -0.139. The van der Waals surface area contributed by atoms with Crippen molar-refractivity contribution in [3.63, 3.8) is 0 Å². The van der Waals surface area contributed by atoms with Crippen LogP contribution in [-0.4, -0.2) is 76.6 Å². The highest BCUT2D eigenvalue weighted by atomic mass is 79.9. The van der Waals surface area contributed by atoms with Crippen LogP contribution >= 0.6 is 15.9 Å². The molecule has 5 rings (SSSR count). The van der Waals surface area contributed by atoms with Crippen LogP contribution in [0, 0.1) is 5.92 Å². The molecule has 2 fully saturated rings. The summed E-state index contributed by atoms with van der Waals surface area (Å²) in [5.74, 6) is 1.53. The molecule has 0 atom stereocenters. The first kappa shape index (κ1) is 22.5. The molecule has 0 unspecified atom stereocenters. The molecule has 7 nitrogen and oxygen atoms in total. The van der Waals surface area contributed by atoms with Gasteiger partial charge in [0.25, 0.3) is 0 Å². The quantitative estimate of drug-likeness (QED) is 0.570. The molecule has 0 bridgehead atoms. The number of likely N-dealkylation sites (tertiary alicyclic amines) is 1. The lowest BCUT2D eigenvalue weighted by Gasteiger charge is -2.38. The maximum absolute atomic E-state index is 13.0. The van der Waals surface area contributed by atoms with Gasteiger partial charge in [0, 0.05) is 42.3 Å². The fraction of sp³-hybridized carbons (Fsp3) is 0.440. The summed E-state index contributed by atoms with van der Waals surface area (Å²) in [6.45, 7) is 6.06. The molecule has 0 saturated carbocycles. The largest absolute Gasteiger partial charge is 0.340 e. The molecular weight excluding hydrogens is 480 g/mol. The Labute approximate surface area is 203 Å². The van der Waals surface area contributed by atoms with E-state index in [1.807, 2.05) is 13.1 Å². The number of carbonyl (C=O) groups is 1. The second kappa shape index (κ2) is 9.93. The second-order valence-corrected chi connectivity index (χ2v) is 9.83. The van der Waals surface area contributed by atoms with Gasteiger partial charge in [-0.05, 0) is 69.4 Å². The molecule has 3 aromatic rings. The van der Waals surface area contributed by atoms with Gasteiger partial charge in [0.2, 0.25) is 5.91 Å². The van der Waals surface area contributed by atoms with Gasteiger partial charge in [-0.25, -0.2) is 9.99 Å². The molecule has 2 aromatic carbocycles. The monoisotopic (exact) mass is 510 g/mol. The maximum atomic E-state index is 13.0. The Morgan fingerprint density at radius 1 is 1.00 bits per heavy atom. The number of hydrogen-bond donors (Lipinski definition) is 1. The Morgan fingerprint density at radius 3 is 2.39 bits per heavy atom. The molecule has 1 amide bonds. The SMILES string of the molecule is CNN1CCN(C(=O)C2CCN(Cc3nc4ccccc4n3-c3ccc(Br)cc3)CC2)CC1. The summed E-state index contributed by atoms with van der Waals surface area (Å²) in [6, 6.07) is 16.7.